The van der Waals surface area contributed by atoms with Crippen LogP contribution in [0.4, 0.5) is 0 Å². The summed E-state index contributed by atoms with van der Waals surface area (Å²) in [4.78, 5) is 26.8. The maximum absolute atomic E-state index is 13.0. The Morgan fingerprint density at radius 1 is 1.23 bits per heavy atom. The van der Waals surface area contributed by atoms with Crippen LogP contribution in [0.3, 0.4) is 0 Å². The van der Waals surface area contributed by atoms with Gasteiger partial charge >= 0.3 is 5.97 Å². The van der Waals surface area contributed by atoms with Gasteiger partial charge in [-0.15, -0.1) is 0 Å². The molecule has 0 atom stereocenters. The van der Waals surface area contributed by atoms with E-state index in [1.165, 1.54) is 23.9 Å². The molecule has 3 rings (SSSR count). The third-order valence-corrected chi connectivity index (χ3v) is 7.64. The van der Waals surface area contributed by atoms with Gasteiger partial charge in [-0.25, -0.2) is 8.42 Å². The van der Waals surface area contributed by atoms with Gasteiger partial charge in [-0.05, 0) is 49.9 Å². The van der Waals surface area contributed by atoms with Gasteiger partial charge in [0.25, 0.3) is 9.05 Å². The van der Waals surface area contributed by atoms with Crippen molar-refractivity contribution in [3.63, 3.8) is 0 Å². The zero-order valence-corrected chi connectivity index (χ0v) is 19.7. The maximum atomic E-state index is 13.0. The summed E-state index contributed by atoms with van der Waals surface area (Å²) in [6.07, 6.45) is 1.11. The minimum atomic E-state index is -3.80. The van der Waals surface area contributed by atoms with E-state index in [0.717, 1.165) is 21.2 Å². The van der Waals surface area contributed by atoms with E-state index in [1.54, 1.807) is 19.1 Å². The van der Waals surface area contributed by atoms with Gasteiger partial charge < -0.3 is 9.30 Å². The van der Waals surface area contributed by atoms with Gasteiger partial charge in [0, 0.05) is 38.3 Å². The van der Waals surface area contributed by atoms with Crippen molar-refractivity contribution in [2.24, 2.45) is 5.41 Å². The number of benzene rings is 1. The number of ether oxygens (including phenoxy) is 1. The molecule has 0 spiro atoms. The monoisotopic (exact) mass is 469 g/mol. The molecule has 0 fully saturated rings. The lowest BCUT2D eigenvalue weighted by Gasteiger charge is -2.30. The molecule has 1 heterocycles. The number of carbonyl (C=O) groups is 2. The Hall–Kier alpha value is -1.77. The quantitative estimate of drug-likeness (QED) is 0.454. The number of ketones is 1. The highest BCUT2D eigenvalue weighted by atomic mass is 35.7. The molecule has 162 valence electrons. The largest absolute Gasteiger partial charge is 0.465 e. The van der Waals surface area contributed by atoms with Gasteiger partial charge in [-0.2, -0.15) is 0 Å². The van der Waals surface area contributed by atoms with Gasteiger partial charge in [0.05, 0.1) is 17.1 Å². The topological polar surface area (TPSA) is 82.4 Å². The predicted molar refractivity (Wildman–Crippen MR) is 116 cm³/mol. The molecular weight excluding hydrogens is 446 g/mol. The van der Waals surface area contributed by atoms with Crippen molar-refractivity contribution in [2.45, 2.75) is 61.8 Å². The second-order valence-electron chi connectivity index (χ2n) is 8.08. The first-order valence-electron chi connectivity index (χ1n) is 9.56. The van der Waals surface area contributed by atoms with E-state index in [9.17, 15) is 18.0 Å². The van der Waals surface area contributed by atoms with Gasteiger partial charge in [0.1, 0.15) is 6.54 Å². The van der Waals surface area contributed by atoms with E-state index in [1.807, 2.05) is 25.3 Å². The van der Waals surface area contributed by atoms with Crippen molar-refractivity contribution in [1.82, 2.24) is 4.57 Å². The summed E-state index contributed by atoms with van der Waals surface area (Å²) in [7, 11) is 1.59. The molecule has 0 saturated carbocycles. The molecule has 6 nitrogen and oxygen atoms in total. The molecule has 0 N–H and O–H groups in total. The molecule has 1 aromatic heterocycles. The summed E-state index contributed by atoms with van der Waals surface area (Å²) in [6.45, 7) is 8.08. The van der Waals surface area contributed by atoms with Gasteiger partial charge in [0.15, 0.2) is 5.78 Å². The molecule has 9 heteroatoms. The Labute approximate surface area is 185 Å². The van der Waals surface area contributed by atoms with Crippen molar-refractivity contribution < 1.29 is 22.7 Å². The van der Waals surface area contributed by atoms with E-state index in [4.69, 9.17) is 15.4 Å². The molecule has 0 unspecified atom stereocenters. The first-order valence-corrected chi connectivity index (χ1v) is 12.7. The number of carbonyl (C=O) groups excluding carboxylic acids is 2. The summed E-state index contributed by atoms with van der Waals surface area (Å²) in [5.41, 5.74) is 2.12. The molecular formula is C21H24ClNO5S2. The van der Waals surface area contributed by atoms with Crippen molar-refractivity contribution in [3.05, 3.63) is 41.2 Å². The summed E-state index contributed by atoms with van der Waals surface area (Å²) < 4.78 is 30.0. The van der Waals surface area contributed by atoms with E-state index in [2.05, 4.69) is 0 Å². The lowest BCUT2D eigenvalue weighted by molar-refractivity contribution is -0.143. The molecule has 1 aliphatic carbocycles. The molecule has 0 saturated heterocycles. The highest BCUT2D eigenvalue weighted by Crippen LogP contribution is 2.44. The predicted octanol–water partition coefficient (Wildman–Crippen LogP) is 4.59. The van der Waals surface area contributed by atoms with Gasteiger partial charge in [0.2, 0.25) is 0 Å². The van der Waals surface area contributed by atoms with Crippen LogP contribution in [0.15, 0.2) is 39.0 Å². The summed E-state index contributed by atoms with van der Waals surface area (Å²) in [5.74, 6) is -0.295. The Morgan fingerprint density at radius 3 is 2.43 bits per heavy atom. The van der Waals surface area contributed by atoms with Crippen LogP contribution in [0.2, 0.25) is 0 Å². The first-order chi connectivity index (χ1) is 13.9. The fourth-order valence-corrected chi connectivity index (χ4v) is 5.61. The van der Waals surface area contributed by atoms with Crippen LogP contribution in [0.25, 0.3) is 0 Å². The third kappa shape index (κ3) is 4.76. The zero-order chi connectivity index (χ0) is 22.3. The van der Waals surface area contributed by atoms with Crippen molar-refractivity contribution in [1.29, 1.82) is 0 Å². The van der Waals surface area contributed by atoms with E-state index < -0.39 is 9.05 Å². The number of nitrogens with zero attached hydrogens (tertiary/aromatic N) is 1. The van der Waals surface area contributed by atoms with Crippen LogP contribution in [0, 0.1) is 12.3 Å². The van der Waals surface area contributed by atoms with Crippen LogP contribution < -0.4 is 0 Å². The lowest BCUT2D eigenvalue weighted by atomic mass is 9.76. The fourth-order valence-electron chi connectivity index (χ4n) is 3.74. The number of hydrogen-bond donors (Lipinski definition) is 0. The van der Waals surface area contributed by atoms with Crippen LogP contribution >= 0.6 is 22.4 Å². The van der Waals surface area contributed by atoms with Crippen molar-refractivity contribution >= 4 is 43.2 Å². The molecule has 1 aromatic carbocycles. The summed E-state index contributed by atoms with van der Waals surface area (Å²) in [6, 6.07) is 6.19. The highest BCUT2D eigenvalue weighted by Gasteiger charge is 2.37. The van der Waals surface area contributed by atoms with Crippen LogP contribution in [0.1, 0.15) is 48.9 Å². The van der Waals surface area contributed by atoms with Crippen LogP contribution in [-0.2, 0) is 31.5 Å². The number of fused-ring (bicyclic) bond motifs is 1. The Morgan fingerprint density at radius 2 is 1.87 bits per heavy atom. The highest BCUT2D eigenvalue weighted by molar-refractivity contribution is 8.13. The number of rotatable bonds is 6. The standard InChI is InChI=1S/C21H24ClNO5S2/c1-5-28-18(25)12-23-13(2)20(19-16(23)10-21(3,4)11-17(19)24)29-14-6-8-15(9-7-14)30(22,26)27/h6-9H,5,10-12H2,1-4H3. The van der Waals surface area contributed by atoms with Crippen LogP contribution in [0.5, 0.6) is 0 Å². The second-order valence-corrected chi connectivity index (χ2v) is 11.7. The van der Waals surface area contributed by atoms with Gasteiger partial charge in [-0.3, -0.25) is 9.59 Å². The van der Waals surface area contributed by atoms with Gasteiger partial charge in [-0.1, -0.05) is 25.6 Å². The molecule has 0 bridgehead atoms. The Bertz CT molecular complexity index is 1100. The van der Waals surface area contributed by atoms with E-state index >= 15 is 0 Å². The number of hydrogen-bond acceptors (Lipinski definition) is 6. The van der Waals surface area contributed by atoms with E-state index in [0.29, 0.717) is 25.0 Å². The van der Waals surface area contributed by atoms with Crippen LogP contribution in [-0.4, -0.2) is 31.3 Å². The number of Topliss-reactive ketones (excluding diaryl/α,β-unsaturated/α-hetero) is 1. The third-order valence-electron chi connectivity index (χ3n) is 5.06. The molecule has 2 aromatic rings. The summed E-state index contributed by atoms with van der Waals surface area (Å²) >= 11 is 1.38. The fraction of sp³-hybridized carbons (Fsp3) is 0.429. The Kier molecular flexibility index (Phi) is 6.41. The molecule has 0 aliphatic heterocycles. The van der Waals surface area contributed by atoms with Crippen molar-refractivity contribution in [3.8, 4) is 0 Å². The average Bonchev–Trinajstić information content (AvgIpc) is 2.86. The van der Waals surface area contributed by atoms with Crippen molar-refractivity contribution in [2.75, 3.05) is 6.61 Å². The maximum Gasteiger partial charge on any atom is 0.325 e. The number of halogens is 1. The minimum absolute atomic E-state index is 0.0185. The average molecular weight is 470 g/mol. The lowest BCUT2D eigenvalue weighted by Crippen LogP contribution is -2.29. The molecule has 0 amide bonds. The normalized spacial score (nSPS) is 15.7. The minimum Gasteiger partial charge on any atom is -0.465 e. The number of aromatic nitrogens is 1. The molecule has 0 radical (unpaired) electrons. The molecule has 1 aliphatic rings. The number of esters is 1. The second kappa shape index (κ2) is 8.40. The SMILES string of the molecule is CCOC(=O)Cn1c(C)c(Sc2ccc(S(=O)(=O)Cl)cc2)c2c1CC(C)(C)CC2=O. The van der Waals surface area contributed by atoms with E-state index in [-0.39, 0.29) is 28.6 Å². The first kappa shape index (κ1) is 22.9. The Balaban J connectivity index is 2.05. The summed E-state index contributed by atoms with van der Waals surface area (Å²) in [5, 5.41) is 0. The smallest absolute Gasteiger partial charge is 0.325 e. The zero-order valence-electron chi connectivity index (χ0n) is 17.3. The molecule has 30 heavy (non-hydrogen) atoms.